The number of fused-ring (bicyclic) bond motifs is 1. The average Bonchev–Trinajstić information content (AvgIpc) is 2.75. The van der Waals surface area contributed by atoms with E-state index in [2.05, 4.69) is 26.5 Å². The summed E-state index contributed by atoms with van der Waals surface area (Å²) in [6.45, 7) is 4.20. The molecule has 0 aromatic heterocycles. The first kappa shape index (κ1) is 13.9. The summed E-state index contributed by atoms with van der Waals surface area (Å²) >= 11 is 3.42. The number of nitrogens with one attached hydrogen (secondary N) is 1. The van der Waals surface area contributed by atoms with E-state index in [1.54, 1.807) is 6.21 Å². The van der Waals surface area contributed by atoms with Gasteiger partial charge in [-0.25, -0.2) is 5.43 Å². The Morgan fingerprint density at radius 1 is 1.47 bits per heavy atom. The van der Waals surface area contributed by atoms with Crippen LogP contribution in [0.1, 0.15) is 25.8 Å². The summed E-state index contributed by atoms with van der Waals surface area (Å²) < 4.78 is 11.4. The fraction of sp³-hybridized carbons (Fsp3) is 0.385. The summed E-state index contributed by atoms with van der Waals surface area (Å²) in [4.78, 5) is 11.4. The van der Waals surface area contributed by atoms with Crippen molar-refractivity contribution in [3.05, 3.63) is 22.2 Å². The summed E-state index contributed by atoms with van der Waals surface area (Å²) in [5.41, 5.74) is 3.31. The topological polar surface area (TPSA) is 59.9 Å². The zero-order valence-electron chi connectivity index (χ0n) is 10.8. The van der Waals surface area contributed by atoms with E-state index in [-0.39, 0.29) is 12.7 Å². The van der Waals surface area contributed by atoms with Gasteiger partial charge in [-0.1, -0.05) is 13.8 Å². The van der Waals surface area contributed by atoms with Crippen LogP contribution in [-0.2, 0) is 4.79 Å². The summed E-state index contributed by atoms with van der Waals surface area (Å²) in [7, 11) is 0. The standard InChI is InChI=1S/C13H15BrN2O3/c1-8(2)3-13(17)16-15-6-9-4-11-12(5-10(9)14)19-7-18-11/h4-6,8H,3,7H2,1-2H3,(H,16,17)/b15-6-. The number of hydrazone groups is 1. The lowest BCUT2D eigenvalue weighted by Gasteiger charge is -2.03. The highest BCUT2D eigenvalue weighted by atomic mass is 79.9. The van der Waals surface area contributed by atoms with Gasteiger partial charge in [-0.05, 0) is 34.0 Å². The van der Waals surface area contributed by atoms with Gasteiger partial charge < -0.3 is 9.47 Å². The number of amides is 1. The molecule has 0 saturated carbocycles. The van der Waals surface area contributed by atoms with Crippen LogP contribution in [-0.4, -0.2) is 18.9 Å². The van der Waals surface area contributed by atoms with E-state index < -0.39 is 0 Å². The van der Waals surface area contributed by atoms with Gasteiger partial charge >= 0.3 is 0 Å². The molecule has 0 spiro atoms. The molecule has 6 heteroatoms. The van der Waals surface area contributed by atoms with Crippen molar-refractivity contribution in [1.82, 2.24) is 5.43 Å². The SMILES string of the molecule is CC(C)CC(=O)N/N=C\c1cc2c(cc1Br)OCO2. The zero-order valence-corrected chi connectivity index (χ0v) is 12.4. The highest BCUT2D eigenvalue weighted by molar-refractivity contribution is 9.10. The van der Waals surface area contributed by atoms with Gasteiger partial charge in [0.15, 0.2) is 11.5 Å². The first-order valence-corrected chi connectivity index (χ1v) is 6.76. The molecule has 1 aromatic carbocycles. The number of halogens is 1. The van der Waals surface area contributed by atoms with Crippen LogP contribution >= 0.6 is 15.9 Å². The lowest BCUT2D eigenvalue weighted by molar-refractivity contribution is -0.121. The number of carbonyl (C=O) groups is 1. The van der Waals surface area contributed by atoms with Crippen molar-refractivity contribution in [2.75, 3.05) is 6.79 Å². The van der Waals surface area contributed by atoms with Crippen molar-refractivity contribution in [2.45, 2.75) is 20.3 Å². The second-order valence-electron chi connectivity index (χ2n) is 4.62. The number of nitrogens with zero attached hydrogens (tertiary/aromatic N) is 1. The molecule has 1 aliphatic heterocycles. The van der Waals surface area contributed by atoms with Crippen molar-refractivity contribution in [3.8, 4) is 11.5 Å². The van der Waals surface area contributed by atoms with Gasteiger partial charge in [-0.3, -0.25) is 4.79 Å². The van der Waals surface area contributed by atoms with Crippen LogP contribution in [0.5, 0.6) is 11.5 Å². The van der Waals surface area contributed by atoms with Gasteiger partial charge in [0.25, 0.3) is 0 Å². The fourth-order valence-electron chi connectivity index (χ4n) is 1.62. The Bertz CT molecular complexity index is 515. The molecule has 2 rings (SSSR count). The largest absolute Gasteiger partial charge is 0.454 e. The van der Waals surface area contributed by atoms with Crippen LogP contribution in [0, 0.1) is 5.92 Å². The Balaban J connectivity index is 2.01. The minimum Gasteiger partial charge on any atom is -0.454 e. The van der Waals surface area contributed by atoms with E-state index in [4.69, 9.17) is 9.47 Å². The molecule has 0 saturated heterocycles. The van der Waals surface area contributed by atoms with Crippen LogP contribution < -0.4 is 14.9 Å². The molecule has 1 N–H and O–H groups in total. The Morgan fingerprint density at radius 2 is 2.16 bits per heavy atom. The van der Waals surface area contributed by atoms with Crippen LogP contribution in [0.15, 0.2) is 21.7 Å². The highest BCUT2D eigenvalue weighted by Crippen LogP contribution is 2.36. The number of ether oxygens (including phenoxy) is 2. The average molecular weight is 327 g/mol. The van der Waals surface area contributed by atoms with E-state index in [0.717, 1.165) is 10.0 Å². The smallest absolute Gasteiger partial charge is 0.240 e. The van der Waals surface area contributed by atoms with Crippen molar-refractivity contribution in [3.63, 3.8) is 0 Å². The number of rotatable bonds is 4. The van der Waals surface area contributed by atoms with E-state index >= 15 is 0 Å². The molecular formula is C13H15BrN2O3. The number of carbonyl (C=O) groups excluding carboxylic acids is 1. The zero-order chi connectivity index (χ0) is 13.8. The lowest BCUT2D eigenvalue weighted by Crippen LogP contribution is -2.19. The molecule has 0 radical (unpaired) electrons. The maximum absolute atomic E-state index is 11.4. The van der Waals surface area contributed by atoms with Gasteiger partial charge in [0, 0.05) is 16.5 Å². The Morgan fingerprint density at radius 3 is 2.84 bits per heavy atom. The summed E-state index contributed by atoms with van der Waals surface area (Å²) in [5.74, 6) is 1.60. The monoisotopic (exact) mass is 326 g/mol. The molecule has 1 amide bonds. The summed E-state index contributed by atoms with van der Waals surface area (Å²) in [5, 5.41) is 3.93. The summed E-state index contributed by atoms with van der Waals surface area (Å²) in [6, 6.07) is 3.63. The van der Waals surface area contributed by atoms with E-state index in [1.807, 2.05) is 26.0 Å². The van der Waals surface area contributed by atoms with Gasteiger partial charge in [0.05, 0.1) is 6.21 Å². The molecule has 102 valence electrons. The number of hydrogen-bond donors (Lipinski definition) is 1. The highest BCUT2D eigenvalue weighted by Gasteiger charge is 2.15. The van der Waals surface area contributed by atoms with Crippen molar-refractivity contribution < 1.29 is 14.3 Å². The first-order chi connectivity index (χ1) is 9.06. The molecule has 1 heterocycles. The molecule has 0 atom stereocenters. The molecule has 0 bridgehead atoms. The molecule has 0 fully saturated rings. The molecule has 19 heavy (non-hydrogen) atoms. The Kier molecular flexibility index (Phi) is 4.42. The third-order valence-corrected chi connectivity index (χ3v) is 3.17. The van der Waals surface area contributed by atoms with Gasteiger partial charge in [-0.2, -0.15) is 5.10 Å². The van der Waals surface area contributed by atoms with Gasteiger partial charge in [0.2, 0.25) is 12.7 Å². The number of benzene rings is 1. The van der Waals surface area contributed by atoms with E-state index in [9.17, 15) is 4.79 Å². The molecule has 0 unspecified atom stereocenters. The molecule has 0 aliphatic carbocycles. The Labute approximate surface area is 120 Å². The maximum Gasteiger partial charge on any atom is 0.240 e. The van der Waals surface area contributed by atoms with E-state index in [1.165, 1.54) is 0 Å². The predicted molar refractivity (Wildman–Crippen MR) is 75.5 cm³/mol. The molecule has 1 aliphatic rings. The predicted octanol–water partition coefficient (Wildman–Crippen LogP) is 2.67. The lowest BCUT2D eigenvalue weighted by atomic mass is 10.1. The van der Waals surface area contributed by atoms with Crippen molar-refractivity contribution in [2.24, 2.45) is 11.0 Å². The van der Waals surface area contributed by atoms with Crippen LogP contribution in [0.3, 0.4) is 0 Å². The summed E-state index contributed by atoms with van der Waals surface area (Å²) in [6.07, 6.45) is 2.03. The third kappa shape index (κ3) is 3.70. The van der Waals surface area contributed by atoms with Crippen LogP contribution in [0.2, 0.25) is 0 Å². The van der Waals surface area contributed by atoms with Crippen molar-refractivity contribution >= 4 is 28.1 Å². The molecule has 1 aromatic rings. The third-order valence-electron chi connectivity index (χ3n) is 2.48. The quantitative estimate of drug-likeness (QED) is 0.683. The number of hydrogen-bond acceptors (Lipinski definition) is 4. The van der Waals surface area contributed by atoms with Crippen LogP contribution in [0.4, 0.5) is 0 Å². The minimum absolute atomic E-state index is 0.0943. The second kappa shape index (κ2) is 6.06. The van der Waals surface area contributed by atoms with Gasteiger partial charge in [-0.15, -0.1) is 0 Å². The second-order valence-corrected chi connectivity index (χ2v) is 5.47. The fourth-order valence-corrected chi connectivity index (χ4v) is 2.05. The molecular weight excluding hydrogens is 312 g/mol. The normalized spacial score (nSPS) is 13.3. The van der Waals surface area contributed by atoms with Gasteiger partial charge in [0.1, 0.15) is 0 Å². The Hall–Kier alpha value is -1.56. The first-order valence-electron chi connectivity index (χ1n) is 5.97. The van der Waals surface area contributed by atoms with Crippen LogP contribution in [0.25, 0.3) is 0 Å². The van der Waals surface area contributed by atoms with Crippen molar-refractivity contribution in [1.29, 1.82) is 0 Å². The maximum atomic E-state index is 11.4. The molecule has 5 nitrogen and oxygen atoms in total. The minimum atomic E-state index is -0.0943. The van der Waals surface area contributed by atoms with E-state index in [0.29, 0.717) is 23.8 Å².